The number of carbonyl (C=O) groups is 3. The van der Waals surface area contributed by atoms with E-state index in [4.69, 9.17) is 38.9 Å². The van der Waals surface area contributed by atoms with Crippen molar-refractivity contribution in [3.8, 4) is 0 Å². The molecule has 9 aliphatic rings. The van der Waals surface area contributed by atoms with Crippen LogP contribution in [0.25, 0.3) is 0 Å². The maximum atomic E-state index is 16.3. The van der Waals surface area contributed by atoms with Gasteiger partial charge < -0.3 is 84.7 Å². The zero-order chi connectivity index (χ0) is 54.6. The number of aldehydes is 1. The number of hydrogen-bond donors (Lipinski definition) is 9. The number of carbonyl (C=O) groups excluding carboxylic acids is 3. The molecule has 75 heavy (non-hydrogen) atoms. The summed E-state index contributed by atoms with van der Waals surface area (Å²) in [4.78, 5) is 42.5. The Bertz CT molecular complexity index is 2150. The Morgan fingerprint density at radius 3 is 2.27 bits per heavy atom. The fourth-order valence-electron chi connectivity index (χ4n) is 17.1. The zero-order valence-electron chi connectivity index (χ0n) is 45.7. The normalized spacial score (nSPS) is 52.0. The van der Waals surface area contributed by atoms with Crippen molar-refractivity contribution in [3.05, 3.63) is 11.6 Å². The molecule has 0 radical (unpaired) electrons. The van der Waals surface area contributed by atoms with Crippen LogP contribution < -0.4 is 11.1 Å². The van der Waals surface area contributed by atoms with Gasteiger partial charge in [0, 0.05) is 13.5 Å². The van der Waals surface area contributed by atoms with Crippen molar-refractivity contribution >= 4 is 18.2 Å². The van der Waals surface area contributed by atoms with E-state index in [1.165, 1.54) is 5.57 Å². The van der Waals surface area contributed by atoms with Gasteiger partial charge in [0.25, 0.3) is 5.79 Å². The Kier molecular flexibility index (Phi) is 15.9. The second-order valence-corrected chi connectivity index (χ2v) is 26.2. The van der Waals surface area contributed by atoms with Gasteiger partial charge in [0.05, 0.1) is 42.5 Å². The summed E-state index contributed by atoms with van der Waals surface area (Å²) < 4.78 is 45.2. The van der Waals surface area contributed by atoms with Crippen LogP contribution in [0.3, 0.4) is 0 Å². The summed E-state index contributed by atoms with van der Waals surface area (Å²) in [5.41, 5.74) is 3.48. The number of unbranched alkanes of at least 4 members (excludes halogenated alkanes) is 2. The van der Waals surface area contributed by atoms with Crippen LogP contribution in [-0.4, -0.2) is 178 Å². The average molecular weight is 1060 g/mol. The summed E-state index contributed by atoms with van der Waals surface area (Å²) in [5, 5.41) is 82.0. The molecule has 0 spiro atoms. The van der Waals surface area contributed by atoms with Gasteiger partial charge in [-0.1, -0.05) is 66.5 Å². The van der Waals surface area contributed by atoms with E-state index in [-0.39, 0.29) is 52.9 Å². The lowest BCUT2D eigenvalue weighted by atomic mass is 9.33. The van der Waals surface area contributed by atoms with Gasteiger partial charge in [-0.15, -0.1) is 0 Å². The minimum absolute atomic E-state index is 0.00440. The zero-order valence-corrected chi connectivity index (χ0v) is 45.7. The van der Waals surface area contributed by atoms with Gasteiger partial charge in [0.15, 0.2) is 18.5 Å². The molecule has 426 valence electrons. The summed E-state index contributed by atoms with van der Waals surface area (Å²) in [7, 11) is 1.64. The van der Waals surface area contributed by atoms with E-state index < -0.39 is 126 Å². The van der Waals surface area contributed by atoms with E-state index in [0.717, 1.165) is 44.8 Å². The van der Waals surface area contributed by atoms with E-state index >= 15 is 4.79 Å². The molecular weight excluding hydrogens is 973 g/mol. The number of fused-ring (bicyclic) bond motifs is 8. The SMILES string of the molecule is CC[C@@H]1O[C@@H]2C(OC2(OC(=O)C23CCC(C)(C)CC2C2=CCC4C5(C)CC[C@H](O)[C@](C)(C=O)[C@@H]5CC[C@]4(C)[C@]2(C)C[C@@H]3OC)[C@@H]2O[C@H](C)C(O[C@@H]3OCC(O)C(O)C3O)C(O)C2O)C(O)C1NC(=O)CCCCCN. The van der Waals surface area contributed by atoms with Crippen molar-refractivity contribution in [1.82, 2.24) is 5.32 Å². The summed E-state index contributed by atoms with van der Waals surface area (Å²) in [6, 6.07) is -0.911. The lowest BCUT2D eigenvalue weighted by molar-refractivity contribution is -0.471. The van der Waals surface area contributed by atoms with Crippen LogP contribution in [0, 0.1) is 50.2 Å². The summed E-state index contributed by atoms with van der Waals surface area (Å²) >= 11 is 0. The molecular formula is C56H90N2O17. The summed E-state index contributed by atoms with van der Waals surface area (Å²) in [6.45, 7) is 16.9. The average Bonchev–Trinajstić information content (AvgIpc) is 3.36. The third-order valence-corrected chi connectivity index (χ3v) is 21.8. The van der Waals surface area contributed by atoms with E-state index in [0.29, 0.717) is 51.5 Å². The van der Waals surface area contributed by atoms with Crippen molar-refractivity contribution < 1.29 is 83.3 Å². The number of methoxy groups -OCH3 is 1. The molecule has 9 rings (SSSR count). The predicted molar refractivity (Wildman–Crippen MR) is 269 cm³/mol. The molecule has 0 aromatic heterocycles. The first kappa shape index (κ1) is 57.5. The monoisotopic (exact) mass is 1060 g/mol. The maximum absolute atomic E-state index is 16.3. The van der Waals surface area contributed by atoms with Crippen LogP contribution in [0.15, 0.2) is 11.6 Å². The van der Waals surface area contributed by atoms with Gasteiger partial charge in [-0.25, -0.2) is 0 Å². The molecule has 0 aromatic rings. The number of aliphatic hydroxyl groups is 7. The second-order valence-electron chi connectivity index (χ2n) is 26.2. The Morgan fingerprint density at radius 1 is 0.853 bits per heavy atom. The second kappa shape index (κ2) is 20.7. The quantitative estimate of drug-likeness (QED) is 0.0523. The fraction of sp³-hybridized carbons (Fsp3) is 0.911. The Morgan fingerprint density at radius 2 is 1.59 bits per heavy atom. The number of nitrogens with one attached hydrogen (secondary N) is 1. The molecule has 4 saturated heterocycles. The number of rotatable bonds is 14. The third kappa shape index (κ3) is 8.85. The van der Waals surface area contributed by atoms with Gasteiger partial charge >= 0.3 is 5.97 Å². The Balaban J connectivity index is 1.08. The lowest BCUT2D eigenvalue weighted by Crippen LogP contribution is -2.84. The van der Waals surface area contributed by atoms with E-state index in [1.54, 1.807) is 14.0 Å². The number of nitrogens with two attached hydrogens (primary N) is 1. The largest absolute Gasteiger partial charge is 0.426 e. The highest BCUT2D eigenvalue weighted by Crippen LogP contribution is 2.76. The van der Waals surface area contributed by atoms with Crippen molar-refractivity contribution in [2.75, 3.05) is 20.3 Å². The first-order valence-corrected chi connectivity index (χ1v) is 28.2. The van der Waals surface area contributed by atoms with Crippen LogP contribution in [0.4, 0.5) is 0 Å². The molecule has 19 heteroatoms. The number of aliphatic hydroxyl groups excluding tert-OH is 7. The highest BCUT2D eigenvalue weighted by molar-refractivity contribution is 5.80. The number of hydrogen-bond acceptors (Lipinski definition) is 18. The minimum atomic E-state index is -2.29. The molecule has 4 heterocycles. The third-order valence-electron chi connectivity index (χ3n) is 21.8. The highest BCUT2D eigenvalue weighted by Gasteiger charge is 2.77. The van der Waals surface area contributed by atoms with E-state index in [2.05, 4.69) is 46.0 Å². The minimum Gasteiger partial charge on any atom is -0.426 e. The molecule has 4 aliphatic heterocycles. The first-order chi connectivity index (χ1) is 35.3. The topological polar surface area (TPSA) is 295 Å². The van der Waals surface area contributed by atoms with E-state index in [1.807, 2.05) is 13.8 Å². The Hall–Kier alpha value is -2.21. The molecule has 0 aromatic carbocycles. The van der Waals surface area contributed by atoms with Crippen LogP contribution in [0.2, 0.25) is 0 Å². The van der Waals surface area contributed by atoms with E-state index in [9.17, 15) is 45.3 Å². The van der Waals surface area contributed by atoms with Crippen LogP contribution in [0.1, 0.15) is 145 Å². The number of esters is 1. The molecule has 25 atom stereocenters. The van der Waals surface area contributed by atoms with Gasteiger partial charge in [-0.05, 0) is 130 Å². The molecule has 19 nitrogen and oxygen atoms in total. The van der Waals surface area contributed by atoms with Gasteiger partial charge in [0.1, 0.15) is 60.5 Å². The highest BCUT2D eigenvalue weighted by atomic mass is 16.8. The standard InChI is InChI=1S/C56H90N2O17/c1-10-32-38(58-37(62)14-12-11-13-23-57)40(64)45-47(72-32)56(74-45,46-42(66)41(65)44(28(2)71-46)73-48-43(67)39(63)31(60)26-70-48)75-49(68)55-22-21-50(3,4)24-30(55)29-15-16-34-51(5)19-18-35(61)52(6,27-59)33(51)17-20-53(34,7)54(29,8)25-36(55)69-9/h15,27-28,30-36,38-48,60-61,63-67H,10-14,16-26,57H2,1-9H3,(H,58,62)/t28-,30?,31?,32+,33-,34?,35+,36+,38?,39?,40?,41?,42?,43?,44?,45?,46-,47-,48+,51?,52-,53+,54-,55?,56?/m1/s1. The van der Waals surface area contributed by atoms with Crippen LogP contribution in [0.5, 0.6) is 0 Å². The number of amides is 1. The molecule has 1 amide bonds. The first-order valence-electron chi connectivity index (χ1n) is 28.2. The van der Waals surface area contributed by atoms with Gasteiger partial charge in [-0.2, -0.15) is 0 Å². The van der Waals surface area contributed by atoms with Crippen molar-refractivity contribution in [2.24, 2.45) is 56.0 Å². The van der Waals surface area contributed by atoms with Crippen LogP contribution in [-0.2, 0) is 47.5 Å². The smallest absolute Gasteiger partial charge is 0.318 e. The molecule has 8 fully saturated rings. The van der Waals surface area contributed by atoms with Gasteiger partial charge in [0.2, 0.25) is 5.91 Å². The molecule has 14 unspecified atom stereocenters. The summed E-state index contributed by atoms with van der Waals surface area (Å²) in [5.74, 6) is -3.46. The van der Waals surface area contributed by atoms with Gasteiger partial charge in [-0.3, -0.25) is 9.59 Å². The van der Waals surface area contributed by atoms with Crippen LogP contribution >= 0.6 is 0 Å². The van der Waals surface area contributed by atoms with Crippen molar-refractivity contribution in [1.29, 1.82) is 0 Å². The Labute approximate surface area is 442 Å². The fourth-order valence-corrected chi connectivity index (χ4v) is 17.1. The molecule has 4 saturated carbocycles. The molecule has 0 bridgehead atoms. The maximum Gasteiger partial charge on any atom is 0.318 e. The number of ether oxygens (including phenoxy) is 7. The number of allylic oxidation sites excluding steroid dienone is 2. The van der Waals surface area contributed by atoms with Crippen molar-refractivity contribution in [2.45, 2.75) is 249 Å². The lowest BCUT2D eigenvalue weighted by Gasteiger charge is -2.71. The predicted octanol–water partition coefficient (Wildman–Crippen LogP) is 2.47. The van der Waals surface area contributed by atoms with Crippen molar-refractivity contribution in [3.63, 3.8) is 0 Å². The summed E-state index contributed by atoms with van der Waals surface area (Å²) in [6.07, 6.45) is -8.35. The molecule has 5 aliphatic carbocycles. The molecule has 10 N–H and O–H groups in total.